The van der Waals surface area contributed by atoms with Crippen LogP contribution in [0.15, 0.2) is 53.4 Å². The number of urea groups is 1. The van der Waals surface area contributed by atoms with E-state index in [0.717, 1.165) is 0 Å². The van der Waals surface area contributed by atoms with Gasteiger partial charge in [-0.2, -0.15) is 0 Å². The van der Waals surface area contributed by atoms with Crippen molar-refractivity contribution in [3.05, 3.63) is 53.6 Å². The van der Waals surface area contributed by atoms with Gasteiger partial charge in [-0.15, -0.1) is 0 Å². The molecule has 2 aromatic rings. The molecule has 0 unspecified atom stereocenters. The van der Waals surface area contributed by atoms with E-state index >= 15 is 0 Å². The molecule has 0 bridgehead atoms. The summed E-state index contributed by atoms with van der Waals surface area (Å²) in [6.07, 6.45) is 0. The monoisotopic (exact) mass is 340 g/mol. The maximum atomic E-state index is 12.1. The third kappa shape index (κ3) is 4.12. The molecule has 0 aliphatic heterocycles. The van der Waals surface area contributed by atoms with E-state index in [1.54, 1.807) is 30.3 Å². The molecule has 0 spiro atoms. The van der Waals surface area contributed by atoms with Gasteiger partial charge in [-0.3, -0.25) is 0 Å². The van der Waals surface area contributed by atoms with Crippen LogP contribution in [-0.2, 0) is 10.0 Å². The van der Waals surface area contributed by atoms with Crippen molar-refractivity contribution in [2.45, 2.75) is 4.90 Å². The number of carbonyl (C=O) groups is 1. The summed E-state index contributed by atoms with van der Waals surface area (Å²) in [5, 5.41) is 2.91. The van der Waals surface area contributed by atoms with Gasteiger partial charge < -0.3 is 10.1 Å². The zero-order valence-corrected chi connectivity index (χ0v) is 13.1. The standard InChI is InChI=1S/C14H13ClN2O4S/c1-21-12-3-2-4-13(9-12)22(19,20)17-14(18)16-11-7-5-10(15)6-8-11/h2-9H,1H3,(H2,16,17,18). The molecule has 2 N–H and O–H groups in total. The van der Waals surface area contributed by atoms with Crippen LogP contribution < -0.4 is 14.8 Å². The molecule has 2 amide bonds. The third-order valence-electron chi connectivity index (χ3n) is 2.68. The van der Waals surface area contributed by atoms with Gasteiger partial charge in [-0.1, -0.05) is 17.7 Å². The molecule has 0 heterocycles. The summed E-state index contributed by atoms with van der Waals surface area (Å²) in [5.41, 5.74) is 0.419. The number of rotatable bonds is 4. The van der Waals surface area contributed by atoms with Crippen LogP contribution in [-0.4, -0.2) is 21.6 Å². The Kier molecular flexibility index (Phi) is 4.89. The first-order chi connectivity index (χ1) is 10.4. The van der Waals surface area contributed by atoms with Gasteiger partial charge in [0.2, 0.25) is 0 Å². The van der Waals surface area contributed by atoms with Crippen molar-refractivity contribution in [3.8, 4) is 5.75 Å². The number of methoxy groups -OCH3 is 1. The fourth-order valence-electron chi connectivity index (χ4n) is 1.64. The number of sulfonamides is 1. The lowest BCUT2D eigenvalue weighted by molar-refractivity contribution is 0.256. The smallest absolute Gasteiger partial charge is 0.333 e. The molecule has 2 aromatic carbocycles. The van der Waals surface area contributed by atoms with E-state index in [1.165, 1.54) is 25.3 Å². The third-order valence-corrected chi connectivity index (χ3v) is 4.26. The molecule has 0 aliphatic carbocycles. The molecule has 0 atom stereocenters. The summed E-state index contributed by atoms with van der Waals surface area (Å²) >= 11 is 5.73. The number of anilines is 1. The summed E-state index contributed by atoms with van der Waals surface area (Å²) in [6, 6.07) is 11.2. The number of ether oxygens (including phenoxy) is 1. The number of carbonyl (C=O) groups excluding carboxylic acids is 1. The van der Waals surface area contributed by atoms with Crippen LogP contribution in [0, 0.1) is 0 Å². The number of halogens is 1. The van der Waals surface area contributed by atoms with Gasteiger partial charge in [0, 0.05) is 16.8 Å². The van der Waals surface area contributed by atoms with Gasteiger partial charge in [-0.05, 0) is 36.4 Å². The largest absolute Gasteiger partial charge is 0.497 e. The van der Waals surface area contributed by atoms with Crippen LogP contribution >= 0.6 is 11.6 Å². The normalized spacial score (nSPS) is 10.8. The van der Waals surface area contributed by atoms with E-state index in [0.29, 0.717) is 16.5 Å². The molecule has 2 rings (SSSR count). The van der Waals surface area contributed by atoms with E-state index in [-0.39, 0.29) is 4.90 Å². The Morgan fingerprint density at radius 1 is 1.14 bits per heavy atom. The zero-order valence-electron chi connectivity index (χ0n) is 11.5. The Morgan fingerprint density at radius 2 is 1.82 bits per heavy atom. The molecule has 0 radical (unpaired) electrons. The number of nitrogens with one attached hydrogen (secondary N) is 2. The number of amides is 2. The highest BCUT2D eigenvalue weighted by molar-refractivity contribution is 7.90. The Labute approximate surface area is 133 Å². The number of hydrogen-bond donors (Lipinski definition) is 2. The highest BCUT2D eigenvalue weighted by atomic mass is 35.5. The van der Waals surface area contributed by atoms with Crippen LogP contribution in [0.1, 0.15) is 0 Å². The molecular weight excluding hydrogens is 328 g/mol. The first-order valence-corrected chi connectivity index (χ1v) is 8.00. The van der Waals surface area contributed by atoms with Gasteiger partial charge in [0.1, 0.15) is 5.75 Å². The van der Waals surface area contributed by atoms with Gasteiger partial charge >= 0.3 is 6.03 Å². The SMILES string of the molecule is COc1cccc(S(=O)(=O)NC(=O)Nc2ccc(Cl)cc2)c1. The van der Waals surface area contributed by atoms with E-state index in [1.807, 2.05) is 4.72 Å². The average Bonchev–Trinajstić information content (AvgIpc) is 2.49. The van der Waals surface area contributed by atoms with Gasteiger partial charge in [-0.25, -0.2) is 17.9 Å². The highest BCUT2D eigenvalue weighted by Crippen LogP contribution is 2.17. The molecule has 0 saturated carbocycles. The Bertz CT molecular complexity index is 776. The lowest BCUT2D eigenvalue weighted by atomic mass is 10.3. The first kappa shape index (κ1) is 16.1. The first-order valence-electron chi connectivity index (χ1n) is 6.14. The molecule has 0 aromatic heterocycles. The summed E-state index contributed by atoms with van der Waals surface area (Å²) in [6.45, 7) is 0. The zero-order chi connectivity index (χ0) is 16.2. The lowest BCUT2D eigenvalue weighted by Gasteiger charge is -2.09. The van der Waals surface area contributed by atoms with E-state index in [4.69, 9.17) is 16.3 Å². The minimum Gasteiger partial charge on any atom is -0.497 e. The van der Waals surface area contributed by atoms with E-state index in [9.17, 15) is 13.2 Å². The van der Waals surface area contributed by atoms with E-state index in [2.05, 4.69) is 5.32 Å². The van der Waals surface area contributed by atoms with Crippen molar-refractivity contribution in [1.29, 1.82) is 0 Å². The molecule has 8 heteroatoms. The Morgan fingerprint density at radius 3 is 2.45 bits per heavy atom. The maximum absolute atomic E-state index is 12.1. The topological polar surface area (TPSA) is 84.5 Å². The number of hydrogen-bond acceptors (Lipinski definition) is 4. The van der Waals surface area contributed by atoms with Gasteiger partial charge in [0.05, 0.1) is 12.0 Å². The fraction of sp³-hybridized carbons (Fsp3) is 0.0714. The summed E-state index contributed by atoms with van der Waals surface area (Å²) in [5.74, 6) is 0.376. The van der Waals surface area contributed by atoms with Crippen molar-refractivity contribution in [3.63, 3.8) is 0 Å². The van der Waals surface area contributed by atoms with Crippen molar-refractivity contribution >= 4 is 33.3 Å². The minimum atomic E-state index is -3.99. The molecule has 0 saturated heterocycles. The second kappa shape index (κ2) is 6.67. The van der Waals surface area contributed by atoms with Crippen LogP contribution in [0.5, 0.6) is 5.75 Å². The van der Waals surface area contributed by atoms with Crippen LogP contribution in [0.3, 0.4) is 0 Å². The predicted octanol–water partition coefficient (Wildman–Crippen LogP) is 2.86. The molecule has 0 aliphatic rings. The van der Waals surface area contributed by atoms with E-state index < -0.39 is 16.1 Å². The Balaban J connectivity index is 2.10. The maximum Gasteiger partial charge on any atom is 0.333 e. The summed E-state index contributed by atoms with van der Waals surface area (Å²) in [4.78, 5) is 11.7. The highest BCUT2D eigenvalue weighted by Gasteiger charge is 2.18. The van der Waals surface area contributed by atoms with Crippen molar-refractivity contribution in [2.75, 3.05) is 12.4 Å². The van der Waals surface area contributed by atoms with Crippen molar-refractivity contribution in [2.24, 2.45) is 0 Å². The molecule has 0 fully saturated rings. The van der Waals surface area contributed by atoms with Crippen molar-refractivity contribution < 1.29 is 17.9 Å². The molecule has 6 nitrogen and oxygen atoms in total. The van der Waals surface area contributed by atoms with Crippen LogP contribution in [0.2, 0.25) is 5.02 Å². The second-order valence-electron chi connectivity index (χ2n) is 4.25. The average molecular weight is 341 g/mol. The fourth-order valence-corrected chi connectivity index (χ4v) is 2.71. The van der Waals surface area contributed by atoms with Gasteiger partial charge in [0.25, 0.3) is 10.0 Å². The Hall–Kier alpha value is -2.25. The van der Waals surface area contributed by atoms with Crippen LogP contribution in [0.4, 0.5) is 10.5 Å². The lowest BCUT2D eigenvalue weighted by Crippen LogP contribution is -2.34. The second-order valence-corrected chi connectivity index (χ2v) is 6.36. The quantitative estimate of drug-likeness (QED) is 0.896. The molecule has 116 valence electrons. The summed E-state index contributed by atoms with van der Waals surface area (Å²) in [7, 11) is -2.57. The predicted molar refractivity (Wildman–Crippen MR) is 83.8 cm³/mol. The molecule has 22 heavy (non-hydrogen) atoms. The number of benzene rings is 2. The minimum absolute atomic E-state index is 0.0712. The van der Waals surface area contributed by atoms with Crippen molar-refractivity contribution in [1.82, 2.24) is 4.72 Å². The van der Waals surface area contributed by atoms with Gasteiger partial charge in [0.15, 0.2) is 0 Å². The molecular formula is C14H13ClN2O4S. The summed E-state index contributed by atoms with van der Waals surface area (Å²) < 4.78 is 31.1. The van der Waals surface area contributed by atoms with Crippen LogP contribution in [0.25, 0.3) is 0 Å².